The van der Waals surface area contributed by atoms with E-state index >= 15 is 0 Å². The number of para-hydroxylation sites is 3. The van der Waals surface area contributed by atoms with Crippen molar-refractivity contribution in [1.82, 2.24) is 9.55 Å². The fraction of sp³-hybridized carbons (Fsp3) is 0.172. The van der Waals surface area contributed by atoms with Crippen LogP contribution in [0.3, 0.4) is 0 Å². The predicted octanol–water partition coefficient (Wildman–Crippen LogP) is 7.13. The van der Waals surface area contributed by atoms with Crippen molar-refractivity contribution in [3.8, 4) is 17.1 Å². The molecule has 0 unspecified atom stereocenters. The van der Waals surface area contributed by atoms with Crippen LogP contribution in [0.4, 0.5) is 8.78 Å². The number of nitrogens with zero attached hydrogens (tertiary/aromatic N) is 3. The van der Waals surface area contributed by atoms with Gasteiger partial charge in [0.05, 0.1) is 12.4 Å². The third-order valence-electron chi connectivity index (χ3n) is 6.78. The number of rotatable bonds is 3. The van der Waals surface area contributed by atoms with Crippen LogP contribution in [-0.4, -0.2) is 9.55 Å². The van der Waals surface area contributed by atoms with Gasteiger partial charge in [0.1, 0.15) is 17.1 Å². The van der Waals surface area contributed by atoms with Crippen LogP contribution >= 0.6 is 0 Å². The Labute approximate surface area is 201 Å². The van der Waals surface area contributed by atoms with Crippen molar-refractivity contribution in [2.45, 2.75) is 26.7 Å². The van der Waals surface area contributed by atoms with Crippen molar-refractivity contribution in [1.29, 1.82) is 0 Å². The van der Waals surface area contributed by atoms with E-state index in [0.29, 0.717) is 16.9 Å². The quantitative estimate of drug-likeness (QED) is 0.205. The van der Waals surface area contributed by atoms with Gasteiger partial charge in [-0.3, -0.25) is 0 Å². The van der Waals surface area contributed by atoms with E-state index in [0.717, 1.165) is 39.7 Å². The minimum atomic E-state index is -0.905. The molecule has 0 radical (unpaired) electrons. The Morgan fingerprint density at radius 1 is 0.971 bits per heavy atom. The van der Waals surface area contributed by atoms with Gasteiger partial charge < -0.3 is 4.42 Å². The van der Waals surface area contributed by atoms with Crippen molar-refractivity contribution in [3.05, 3.63) is 89.6 Å². The van der Waals surface area contributed by atoms with E-state index < -0.39 is 11.8 Å². The topological polar surface area (TPSA) is 34.8 Å². The van der Waals surface area contributed by atoms with Gasteiger partial charge in [0, 0.05) is 17.0 Å². The molecule has 6 heteroatoms. The largest absolute Gasteiger partial charge is 0.437 e. The molecule has 0 spiro atoms. The highest BCUT2D eigenvalue weighted by Gasteiger charge is 2.32. The third kappa shape index (κ3) is 3.09. The molecule has 6 rings (SSSR count). The predicted molar refractivity (Wildman–Crippen MR) is 134 cm³/mol. The van der Waals surface area contributed by atoms with Crippen molar-refractivity contribution in [3.63, 3.8) is 0 Å². The summed E-state index contributed by atoms with van der Waals surface area (Å²) >= 11 is 0. The molecular formula is C29H24F2N3O+. The zero-order chi connectivity index (χ0) is 24.4. The number of halogens is 2. The number of imidazole rings is 1. The van der Waals surface area contributed by atoms with Crippen LogP contribution in [0.15, 0.2) is 71.1 Å². The van der Waals surface area contributed by atoms with Gasteiger partial charge in [-0.25, -0.2) is 8.96 Å². The minimum absolute atomic E-state index is 0.0442. The number of aryl methyl sites for hydroxylation is 2. The number of pyridine rings is 1. The van der Waals surface area contributed by atoms with Gasteiger partial charge in [-0.2, -0.15) is 13.9 Å². The average molecular weight is 469 g/mol. The molecule has 0 amide bonds. The summed E-state index contributed by atoms with van der Waals surface area (Å²) in [5, 5.41) is 0.759. The van der Waals surface area contributed by atoms with Crippen LogP contribution in [0.25, 0.3) is 50.2 Å². The average Bonchev–Trinajstić information content (AvgIpc) is 3.34. The molecule has 6 aromatic rings. The first-order valence-electron chi connectivity index (χ1n) is 11.6. The Morgan fingerprint density at radius 2 is 1.71 bits per heavy atom. The smallest absolute Gasteiger partial charge is 0.298 e. The highest BCUT2D eigenvalue weighted by Crippen LogP contribution is 2.40. The molecule has 0 aliphatic rings. The highest BCUT2D eigenvalue weighted by atomic mass is 19.1. The minimum Gasteiger partial charge on any atom is -0.437 e. The molecule has 3 aromatic carbocycles. The van der Waals surface area contributed by atoms with Crippen LogP contribution in [0.1, 0.15) is 30.9 Å². The van der Waals surface area contributed by atoms with Crippen LogP contribution in [0, 0.1) is 18.7 Å². The molecule has 0 saturated carbocycles. The fourth-order valence-electron chi connectivity index (χ4n) is 5.16. The summed E-state index contributed by atoms with van der Waals surface area (Å²) in [6.07, 6.45) is 0. The Morgan fingerprint density at radius 3 is 2.51 bits per heavy atom. The monoisotopic (exact) mass is 468 g/mol. The molecule has 0 aliphatic heterocycles. The standard InChI is InChI=1S/C29H24F2N3O/c1-16(2)18-9-5-6-10-21(18)34-23-12-8-7-11-22(23)33(4)29(34)25-17(3)13-14-19-26-20(30)15-24(31)32-28(26)35-27(19)25/h5-16H,1-4H3/q+1. The Balaban J connectivity index is 1.81. The molecule has 0 saturated heterocycles. The molecular weight excluding hydrogens is 444 g/mol. The summed E-state index contributed by atoms with van der Waals surface area (Å²) in [4.78, 5) is 3.83. The fourth-order valence-corrected chi connectivity index (χ4v) is 5.16. The van der Waals surface area contributed by atoms with Gasteiger partial charge >= 0.3 is 0 Å². The summed E-state index contributed by atoms with van der Waals surface area (Å²) in [6, 6.07) is 21.1. The molecule has 3 heterocycles. The summed E-state index contributed by atoms with van der Waals surface area (Å²) in [7, 11) is 2.02. The lowest BCUT2D eigenvalue weighted by Crippen LogP contribution is -2.30. The number of hydrogen-bond acceptors (Lipinski definition) is 2. The van der Waals surface area contributed by atoms with E-state index in [4.69, 9.17) is 4.42 Å². The van der Waals surface area contributed by atoms with Crippen LogP contribution in [-0.2, 0) is 7.05 Å². The van der Waals surface area contributed by atoms with E-state index in [1.54, 1.807) is 0 Å². The summed E-state index contributed by atoms with van der Waals surface area (Å²) in [5.74, 6) is -0.397. The van der Waals surface area contributed by atoms with Gasteiger partial charge in [0.15, 0.2) is 16.6 Å². The zero-order valence-electron chi connectivity index (χ0n) is 19.9. The van der Waals surface area contributed by atoms with Crippen molar-refractivity contribution < 1.29 is 17.8 Å². The number of furan rings is 1. The van der Waals surface area contributed by atoms with Crippen LogP contribution in [0.2, 0.25) is 0 Å². The van der Waals surface area contributed by atoms with Gasteiger partial charge in [0.25, 0.3) is 5.82 Å². The van der Waals surface area contributed by atoms with Crippen molar-refractivity contribution in [2.75, 3.05) is 0 Å². The van der Waals surface area contributed by atoms with E-state index in [9.17, 15) is 8.78 Å². The van der Waals surface area contributed by atoms with Crippen LogP contribution in [0.5, 0.6) is 0 Å². The molecule has 174 valence electrons. The normalized spacial score (nSPS) is 12.0. The van der Waals surface area contributed by atoms with Crippen molar-refractivity contribution >= 4 is 33.1 Å². The van der Waals surface area contributed by atoms with Crippen molar-refractivity contribution in [2.24, 2.45) is 7.05 Å². The maximum absolute atomic E-state index is 14.8. The molecule has 0 N–H and O–H groups in total. The van der Waals surface area contributed by atoms with E-state index in [1.807, 2.05) is 44.3 Å². The highest BCUT2D eigenvalue weighted by molar-refractivity contribution is 6.09. The lowest BCUT2D eigenvalue weighted by Gasteiger charge is -2.12. The lowest BCUT2D eigenvalue weighted by atomic mass is 10.00. The Kier molecular flexibility index (Phi) is 4.74. The second-order valence-electron chi connectivity index (χ2n) is 9.26. The number of aromatic nitrogens is 3. The zero-order valence-corrected chi connectivity index (χ0v) is 19.9. The first-order valence-corrected chi connectivity index (χ1v) is 11.6. The SMILES string of the molecule is Cc1ccc2c(oc3nc(F)cc(F)c32)c1-c1n(-c2ccccc2C(C)C)c2ccccc2[n+]1C. The lowest BCUT2D eigenvalue weighted by molar-refractivity contribution is -0.633. The van der Waals surface area contributed by atoms with E-state index in [2.05, 4.69) is 58.3 Å². The Hall–Kier alpha value is -4.06. The van der Waals surface area contributed by atoms with Gasteiger partial charge in [-0.05, 0) is 42.7 Å². The molecule has 0 atom stereocenters. The summed E-state index contributed by atoms with van der Waals surface area (Å²) in [5.41, 5.74) is 6.58. The molecule has 0 aliphatic carbocycles. The second-order valence-corrected chi connectivity index (χ2v) is 9.26. The Bertz CT molecular complexity index is 1780. The number of fused-ring (bicyclic) bond motifs is 4. The van der Waals surface area contributed by atoms with Crippen LogP contribution < -0.4 is 4.57 Å². The second kappa shape index (κ2) is 7.73. The molecule has 4 nitrogen and oxygen atoms in total. The van der Waals surface area contributed by atoms with Gasteiger partial charge in [-0.1, -0.05) is 50.2 Å². The first-order chi connectivity index (χ1) is 16.9. The molecule has 0 fully saturated rings. The van der Waals surface area contributed by atoms with Gasteiger partial charge in [0.2, 0.25) is 11.7 Å². The molecule has 3 aromatic heterocycles. The molecule has 0 bridgehead atoms. The van der Waals surface area contributed by atoms with Gasteiger partial charge in [-0.15, -0.1) is 0 Å². The number of hydrogen-bond donors (Lipinski definition) is 0. The number of benzene rings is 3. The first kappa shape index (κ1) is 21.5. The van der Waals surface area contributed by atoms with E-state index in [1.165, 1.54) is 5.56 Å². The maximum Gasteiger partial charge on any atom is 0.298 e. The third-order valence-corrected chi connectivity index (χ3v) is 6.78. The summed E-state index contributed by atoms with van der Waals surface area (Å²) in [6.45, 7) is 6.36. The van der Waals surface area contributed by atoms with E-state index in [-0.39, 0.29) is 11.1 Å². The maximum atomic E-state index is 14.8. The summed E-state index contributed by atoms with van der Waals surface area (Å²) < 4.78 is 39.2. The molecule has 35 heavy (non-hydrogen) atoms.